The number of Topliss-reactive ketones (excluding diaryl/α,β-unsaturated/α-hetero) is 1. The van der Waals surface area contributed by atoms with E-state index in [1.54, 1.807) is 0 Å². The molecule has 1 aliphatic carbocycles. The molecule has 0 bridgehead atoms. The van der Waals surface area contributed by atoms with Crippen molar-refractivity contribution in [2.45, 2.75) is 39.0 Å². The third-order valence-corrected chi connectivity index (χ3v) is 3.54. The van der Waals surface area contributed by atoms with Gasteiger partial charge in [0, 0.05) is 31.8 Å². The van der Waals surface area contributed by atoms with Gasteiger partial charge in [-0.3, -0.25) is 9.48 Å². The summed E-state index contributed by atoms with van der Waals surface area (Å²) >= 11 is 0. The topological polar surface area (TPSA) is 34.9 Å². The lowest BCUT2D eigenvalue weighted by molar-refractivity contribution is -0.118. The van der Waals surface area contributed by atoms with Crippen molar-refractivity contribution in [2.24, 2.45) is 12.5 Å². The van der Waals surface area contributed by atoms with Crippen LogP contribution < -0.4 is 0 Å². The first-order valence-electron chi connectivity index (χ1n) is 5.58. The fourth-order valence-corrected chi connectivity index (χ4v) is 2.38. The molecule has 82 valence electrons. The molecule has 1 atom stereocenters. The largest absolute Gasteiger partial charge is 0.300 e. The van der Waals surface area contributed by atoms with E-state index in [-0.39, 0.29) is 5.41 Å². The summed E-state index contributed by atoms with van der Waals surface area (Å²) in [5, 5.41) is 4.15. The van der Waals surface area contributed by atoms with Crippen LogP contribution in [0.15, 0.2) is 12.3 Å². The SMILES string of the molecule is Cn1nccc1CCC1(C)CCC(=O)C1. The lowest BCUT2D eigenvalue weighted by Gasteiger charge is -2.22. The van der Waals surface area contributed by atoms with Crippen LogP contribution in [0.5, 0.6) is 0 Å². The normalized spacial score (nSPS) is 26.1. The Kier molecular flexibility index (Phi) is 2.63. The van der Waals surface area contributed by atoms with Crippen molar-refractivity contribution in [1.82, 2.24) is 9.78 Å². The third kappa shape index (κ3) is 2.28. The van der Waals surface area contributed by atoms with E-state index in [0.717, 1.165) is 32.1 Å². The van der Waals surface area contributed by atoms with Gasteiger partial charge in [0.15, 0.2) is 0 Å². The summed E-state index contributed by atoms with van der Waals surface area (Å²) in [4.78, 5) is 11.3. The van der Waals surface area contributed by atoms with Gasteiger partial charge >= 0.3 is 0 Å². The molecule has 1 heterocycles. The number of hydrogen-bond acceptors (Lipinski definition) is 2. The number of rotatable bonds is 3. The van der Waals surface area contributed by atoms with E-state index in [9.17, 15) is 4.79 Å². The summed E-state index contributed by atoms with van der Waals surface area (Å²) < 4.78 is 1.92. The zero-order valence-electron chi connectivity index (χ0n) is 9.49. The molecule has 1 aliphatic rings. The molecule has 1 fully saturated rings. The highest BCUT2D eigenvalue weighted by Crippen LogP contribution is 2.39. The number of carbonyl (C=O) groups excluding carboxylic acids is 1. The zero-order chi connectivity index (χ0) is 10.9. The lowest BCUT2D eigenvalue weighted by atomic mass is 9.83. The van der Waals surface area contributed by atoms with Crippen molar-refractivity contribution in [3.05, 3.63) is 18.0 Å². The van der Waals surface area contributed by atoms with Crippen LogP contribution in [0.2, 0.25) is 0 Å². The highest BCUT2D eigenvalue weighted by atomic mass is 16.1. The van der Waals surface area contributed by atoms with E-state index in [1.807, 2.05) is 17.9 Å². The van der Waals surface area contributed by atoms with Crippen molar-refractivity contribution in [1.29, 1.82) is 0 Å². The fraction of sp³-hybridized carbons (Fsp3) is 0.667. The van der Waals surface area contributed by atoms with Crippen LogP contribution in [-0.2, 0) is 18.3 Å². The van der Waals surface area contributed by atoms with Crippen molar-refractivity contribution >= 4 is 5.78 Å². The quantitative estimate of drug-likeness (QED) is 0.759. The van der Waals surface area contributed by atoms with Gasteiger partial charge in [0.05, 0.1) is 0 Å². The maximum Gasteiger partial charge on any atom is 0.133 e. The van der Waals surface area contributed by atoms with Gasteiger partial charge in [-0.05, 0) is 30.7 Å². The van der Waals surface area contributed by atoms with E-state index in [1.165, 1.54) is 5.69 Å². The average Bonchev–Trinajstić information content (AvgIpc) is 2.71. The second kappa shape index (κ2) is 3.80. The molecule has 15 heavy (non-hydrogen) atoms. The maximum absolute atomic E-state index is 11.3. The van der Waals surface area contributed by atoms with Gasteiger partial charge in [0.25, 0.3) is 0 Å². The van der Waals surface area contributed by atoms with E-state index in [4.69, 9.17) is 0 Å². The maximum atomic E-state index is 11.3. The standard InChI is InChI=1S/C12H18N2O/c1-12(7-4-11(15)9-12)6-3-10-5-8-13-14(10)2/h5,8H,3-4,6-7,9H2,1-2H3. The van der Waals surface area contributed by atoms with Crippen LogP contribution in [-0.4, -0.2) is 15.6 Å². The molecule has 0 aromatic carbocycles. The predicted octanol–water partition coefficient (Wildman–Crippen LogP) is 2.11. The number of hydrogen-bond donors (Lipinski definition) is 0. The Morgan fingerprint density at radius 2 is 2.40 bits per heavy atom. The molecule has 1 saturated carbocycles. The molecule has 2 rings (SSSR count). The highest BCUT2D eigenvalue weighted by molar-refractivity contribution is 5.81. The smallest absolute Gasteiger partial charge is 0.133 e. The van der Waals surface area contributed by atoms with Crippen molar-refractivity contribution in [3.8, 4) is 0 Å². The minimum Gasteiger partial charge on any atom is -0.300 e. The summed E-state index contributed by atoms with van der Waals surface area (Å²) in [6.45, 7) is 2.23. The Morgan fingerprint density at radius 1 is 1.60 bits per heavy atom. The van der Waals surface area contributed by atoms with Gasteiger partial charge in [0.2, 0.25) is 0 Å². The minimum absolute atomic E-state index is 0.237. The van der Waals surface area contributed by atoms with E-state index in [2.05, 4.69) is 18.1 Å². The number of aryl methyl sites for hydroxylation is 2. The van der Waals surface area contributed by atoms with Gasteiger partial charge in [-0.1, -0.05) is 6.92 Å². The Labute approximate surface area is 90.5 Å². The molecule has 0 N–H and O–H groups in total. The summed E-state index contributed by atoms with van der Waals surface area (Å²) in [6, 6.07) is 2.06. The van der Waals surface area contributed by atoms with Crippen LogP contribution in [0.25, 0.3) is 0 Å². The molecule has 0 amide bonds. The van der Waals surface area contributed by atoms with Crippen molar-refractivity contribution in [2.75, 3.05) is 0 Å². The molecule has 1 aromatic heterocycles. The molecular weight excluding hydrogens is 188 g/mol. The first kappa shape index (κ1) is 10.4. The van der Waals surface area contributed by atoms with Gasteiger partial charge < -0.3 is 0 Å². The Bertz CT molecular complexity index is 369. The first-order valence-corrected chi connectivity index (χ1v) is 5.58. The molecule has 0 aliphatic heterocycles. The summed E-state index contributed by atoms with van der Waals surface area (Å²) in [5.41, 5.74) is 1.50. The van der Waals surface area contributed by atoms with Crippen LogP contribution in [0.4, 0.5) is 0 Å². The predicted molar refractivity (Wildman–Crippen MR) is 58.5 cm³/mol. The molecule has 3 heteroatoms. The molecule has 0 radical (unpaired) electrons. The zero-order valence-corrected chi connectivity index (χ0v) is 9.49. The summed E-state index contributed by atoms with van der Waals surface area (Å²) in [5.74, 6) is 0.433. The second-order valence-corrected chi connectivity index (χ2v) is 4.97. The van der Waals surface area contributed by atoms with Crippen LogP contribution >= 0.6 is 0 Å². The Morgan fingerprint density at radius 3 is 2.93 bits per heavy atom. The van der Waals surface area contributed by atoms with E-state index < -0.39 is 0 Å². The Hall–Kier alpha value is -1.12. The first-order chi connectivity index (χ1) is 7.09. The fourth-order valence-electron chi connectivity index (χ4n) is 2.38. The molecule has 3 nitrogen and oxygen atoms in total. The van der Waals surface area contributed by atoms with Gasteiger partial charge in [-0.25, -0.2) is 0 Å². The van der Waals surface area contributed by atoms with E-state index in [0.29, 0.717) is 5.78 Å². The van der Waals surface area contributed by atoms with Gasteiger partial charge in [-0.2, -0.15) is 5.10 Å². The average molecular weight is 206 g/mol. The lowest BCUT2D eigenvalue weighted by Crippen LogP contribution is -2.14. The highest BCUT2D eigenvalue weighted by Gasteiger charge is 2.33. The summed E-state index contributed by atoms with van der Waals surface area (Å²) in [7, 11) is 1.97. The third-order valence-electron chi connectivity index (χ3n) is 3.54. The Balaban J connectivity index is 1.93. The number of carbonyl (C=O) groups is 1. The number of nitrogens with zero attached hydrogens (tertiary/aromatic N) is 2. The van der Waals surface area contributed by atoms with Gasteiger partial charge in [-0.15, -0.1) is 0 Å². The van der Waals surface area contributed by atoms with Crippen molar-refractivity contribution in [3.63, 3.8) is 0 Å². The van der Waals surface area contributed by atoms with Crippen LogP contribution in [0.1, 0.15) is 38.3 Å². The van der Waals surface area contributed by atoms with Gasteiger partial charge in [0.1, 0.15) is 5.78 Å². The molecule has 1 aromatic rings. The van der Waals surface area contributed by atoms with E-state index >= 15 is 0 Å². The number of aromatic nitrogens is 2. The minimum atomic E-state index is 0.237. The molecule has 0 spiro atoms. The van der Waals surface area contributed by atoms with Crippen LogP contribution in [0, 0.1) is 5.41 Å². The monoisotopic (exact) mass is 206 g/mol. The van der Waals surface area contributed by atoms with Crippen LogP contribution in [0.3, 0.4) is 0 Å². The summed E-state index contributed by atoms with van der Waals surface area (Å²) in [6.07, 6.45) is 6.56. The molecule has 1 unspecified atom stereocenters. The molecular formula is C12H18N2O. The second-order valence-electron chi connectivity index (χ2n) is 4.97. The van der Waals surface area contributed by atoms with Crippen molar-refractivity contribution < 1.29 is 4.79 Å². The number of ketones is 1. The molecule has 0 saturated heterocycles.